The molecule has 0 aliphatic rings. The van der Waals surface area contributed by atoms with E-state index in [1.54, 1.807) is 18.5 Å². The first-order chi connectivity index (χ1) is 9.36. The lowest BCUT2D eigenvalue weighted by molar-refractivity contribution is 1.26. The maximum Gasteiger partial charge on any atom is 0.140 e. The second-order valence-corrected chi connectivity index (χ2v) is 4.04. The molecular formula is C15H10N4. The standard InChI is InChI=1S/C15H10N4/c16-9-11-6-7-12(10-18-11)19-15-5-1-4-14-13(15)3-2-8-17-14/h1-8,10,19H. The van der Waals surface area contributed by atoms with Crippen molar-refractivity contribution in [1.29, 1.82) is 5.26 Å². The zero-order valence-electron chi connectivity index (χ0n) is 10.0. The van der Waals surface area contributed by atoms with Gasteiger partial charge in [0.25, 0.3) is 0 Å². The van der Waals surface area contributed by atoms with Gasteiger partial charge in [-0.25, -0.2) is 4.98 Å². The predicted molar refractivity (Wildman–Crippen MR) is 74.0 cm³/mol. The average molecular weight is 246 g/mol. The summed E-state index contributed by atoms with van der Waals surface area (Å²) in [6.45, 7) is 0. The van der Waals surface area contributed by atoms with E-state index in [-0.39, 0.29) is 0 Å². The van der Waals surface area contributed by atoms with E-state index in [4.69, 9.17) is 5.26 Å². The number of aromatic nitrogens is 2. The summed E-state index contributed by atoms with van der Waals surface area (Å²) < 4.78 is 0. The van der Waals surface area contributed by atoms with Crippen LogP contribution in [0.3, 0.4) is 0 Å². The molecule has 0 saturated carbocycles. The van der Waals surface area contributed by atoms with Crippen LogP contribution in [0.5, 0.6) is 0 Å². The Bertz CT molecular complexity index is 752. The fourth-order valence-corrected chi connectivity index (χ4v) is 1.90. The van der Waals surface area contributed by atoms with E-state index in [0.29, 0.717) is 5.69 Å². The predicted octanol–water partition coefficient (Wildman–Crippen LogP) is 3.25. The van der Waals surface area contributed by atoms with Crippen LogP contribution in [0.2, 0.25) is 0 Å². The molecule has 4 heteroatoms. The monoisotopic (exact) mass is 246 g/mol. The second kappa shape index (κ2) is 4.75. The summed E-state index contributed by atoms with van der Waals surface area (Å²) in [4.78, 5) is 8.35. The average Bonchev–Trinajstić information content (AvgIpc) is 2.48. The molecule has 0 saturated heterocycles. The van der Waals surface area contributed by atoms with Crippen LogP contribution in [-0.2, 0) is 0 Å². The molecule has 0 unspecified atom stereocenters. The van der Waals surface area contributed by atoms with Crippen LogP contribution in [-0.4, -0.2) is 9.97 Å². The molecule has 0 radical (unpaired) electrons. The van der Waals surface area contributed by atoms with Crippen LogP contribution in [0.1, 0.15) is 5.69 Å². The van der Waals surface area contributed by atoms with Gasteiger partial charge < -0.3 is 5.32 Å². The van der Waals surface area contributed by atoms with E-state index in [9.17, 15) is 0 Å². The Labute approximate surface area is 110 Å². The van der Waals surface area contributed by atoms with Crippen LogP contribution in [0.25, 0.3) is 10.9 Å². The summed E-state index contributed by atoms with van der Waals surface area (Å²) in [5, 5.41) is 13.1. The molecule has 2 aromatic heterocycles. The third-order valence-electron chi connectivity index (χ3n) is 2.80. The highest BCUT2D eigenvalue weighted by Gasteiger charge is 2.01. The number of benzene rings is 1. The van der Waals surface area contributed by atoms with Crippen LogP contribution in [0, 0.1) is 11.3 Å². The smallest absolute Gasteiger partial charge is 0.140 e. The van der Waals surface area contributed by atoms with Crippen molar-refractivity contribution in [2.24, 2.45) is 0 Å². The molecule has 0 atom stereocenters. The summed E-state index contributed by atoms with van der Waals surface area (Å²) in [6.07, 6.45) is 3.42. The Morgan fingerprint density at radius 1 is 1.00 bits per heavy atom. The van der Waals surface area contributed by atoms with Gasteiger partial charge in [0, 0.05) is 17.3 Å². The number of hydrogen-bond donors (Lipinski definition) is 1. The maximum atomic E-state index is 8.72. The van der Waals surface area contributed by atoms with E-state index >= 15 is 0 Å². The Morgan fingerprint density at radius 3 is 2.74 bits per heavy atom. The summed E-state index contributed by atoms with van der Waals surface area (Å²) >= 11 is 0. The molecule has 90 valence electrons. The highest BCUT2D eigenvalue weighted by molar-refractivity contribution is 5.92. The van der Waals surface area contributed by atoms with Crippen LogP contribution >= 0.6 is 0 Å². The van der Waals surface area contributed by atoms with Crippen molar-refractivity contribution in [2.45, 2.75) is 0 Å². The Hall–Kier alpha value is -2.93. The number of rotatable bonds is 2. The third-order valence-corrected chi connectivity index (χ3v) is 2.80. The van der Waals surface area contributed by atoms with Crippen LogP contribution in [0.4, 0.5) is 11.4 Å². The van der Waals surface area contributed by atoms with Crippen LogP contribution in [0.15, 0.2) is 54.9 Å². The molecule has 0 amide bonds. The largest absolute Gasteiger partial charge is 0.354 e. The molecule has 2 heterocycles. The molecule has 0 bridgehead atoms. The first-order valence-electron chi connectivity index (χ1n) is 5.84. The molecule has 0 aliphatic carbocycles. The number of fused-ring (bicyclic) bond motifs is 1. The zero-order chi connectivity index (χ0) is 13.1. The van der Waals surface area contributed by atoms with Gasteiger partial charge >= 0.3 is 0 Å². The van der Waals surface area contributed by atoms with Crippen molar-refractivity contribution >= 4 is 22.3 Å². The van der Waals surface area contributed by atoms with Gasteiger partial charge in [-0.1, -0.05) is 6.07 Å². The maximum absolute atomic E-state index is 8.72. The molecule has 19 heavy (non-hydrogen) atoms. The van der Waals surface area contributed by atoms with Gasteiger partial charge in [-0.15, -0.1) is 0 Å². The van der Waals surface area contributed by atoms with Crippen LogP contribution < -0.4 is 5.32 Å². The minimum Gasteiger partial charge on any atom is -0.354 e. The molecule has 0 spiro atoms. The topological polar surface area (TPSA) is 61.6 Å². The van der Waals surface area contributed by atoms with Crippen molar-refractivity contribution in [3.63, 3.8) is 0 Å². The van der Waals surface area contributed by atoms with Crippen molar-refractivity contribution in [1.82, 2.24) is 9.97 Å². The first-order valence-corrected chi connectivity index (χ1v) is 5.84. The van der Waals surface area contributed by atoms with Crippen molar-refractivity contribution in [2.75, 3.05) is 5.32 Å². The van der Waals surface area contributed by atoms with Gasteiger partial charge in [-0.3, -0.25) is 4.98 Å². The summed E-state index contributed by atoms with van der Waals surface area (Å²) in [7, 11) is 0. The van der Waals surface area contributed by atoms with E-state index in [2.05, 4.69) is 15.3 Å². The fraction of sp³-hybridized carbons (Fsp3) is 0. The normalized spacial score (nSPS) is 10.1. The highest BCUT2D eigenvalue weighted by atomic mass is 14.9. The number of nitrogens with zero attached hydrogens (tertiary/aromatic N) is 3. The SMILES string of the molecule is N#Cc1ccc(Nc2cccc3ncccc23)cn1. The molecular weight excluding hydrogens is 236 g/mol. The van der Waals surface area contributed by atoms with E-state index in [0.717, 1.165) is 22.3 Å². The highest BCUT2D eigenvalue weighted by Crippen LogP contribution is 2.24. The Kier molecular flexibility index (Phi) is 2.79. The molecule has 3 aromatic rings. The van der Waals surface area contributed by atoms with Gasteiger partial charge in [0.05, 0.1) is 17.4 Å². The van der Waals surface area contributed by atoms with Gasteiger partial charge in [0.2, 0.25) is 0 Å². The zero-order valence-corrected chi connectivity index (χ0v) is 10.0. The lowest BCUT2D eigenvalue weighted by Gasteiger charge is -2.08. The fourth-order valence-electron chi connectivity index (χ4n) is 1.90. The Morgan fingerprint density at radius 2 is 1.95 bits per heavy atom. The number of nitriles is 1. The molecule has 1 N–H and O–H groups in total. The van der Waals surface area contributed by atoms with E-state index in [1.807, 2.05) is 42.5 Å². The van der Waals surface area contributed by atoms with Crippen molar-refractivity contribution < 1.29 is 0 Å². The summed E-state index contributed by atoms with van der Waals surface area (Å²) in [5.74, 6) is 0. The minimum absolute atomic E-state index is 0.408. The van der Waals surface area contributed by atoms with E-state index in [1.165, 1.54) is 0 Å². The van der Waals surface area contributed by atoms with Gasteiger partial charge in [0.1, 0.15) is 11.8 Å². The quantitative estimate of drug-likeness (QED) is 0.754. The number of pyridine rings is 2. The lowest BCUT2D eigenvalue weighted by atomic mass is 10.2. The number of anilines is 2. The summed E-state index contributed by atoms with van der Waals surface area (Å²) in [5.41, 5.74) is 3.16. The van der Waals surface area contributed by atoms with Gasteiger partial charge in [-0.2, -0.15) is 5.26 Å². The summed E-state index contributed by atoms with van der Waals surface area (Å²) in [6, 6.07) is 15.4. The first kappa shape index (κ1) is 11.2. The molecule has 0 aliphatic heterocycles. The molecule has 0 fully saturated rings. The molecule has 3 rings (SSSR count). The van der Waals surface area contributed by atoms with Gasteiger partial charge in [-0.05, 0) is 36.4 Å². The lowest BCUT2D eigenvalue weighted by Crippen LogP contribution is -1.93. The Balaban J connectivity index is 1.99. The number of nitrogens with one attached hydrogen (secondary N) is 1. The minimum atomic E-state index is 0.408. The third kappa shape index (κ3) is 2.22. The molecule has 4 nitrogen and oxygen atoms in total. The van der Waals surface area contributed by atoms with Gasteiger partial charge in [0.15, 0.2) is 0 Å². The number of hydrogen-bond acceptors (Lipinski definition) is 4. The molecule has 1 aromatic carbocycles. The van der Waals surface area contributed by atoms with Crippen molar-refractivity contribution in [3.8, 4) is 6.07 Å². The second-order valence-electron chi connectivity index (χ2n) is 4.04. The van der Waals surface area contributed by atoms with E-state index < -0.39 is 0 Å². The van der Waals surface area contributed by atoms with Crippen molar-refractivity contribution in [3.05, 3.63) is 60.6 Å².